The van der Waals surface area contributed by atoms with Crippen LogP contribution in [0.3, 0.4) is 0 Å². The van der Waals surface area contributed by atoms with Gasteiger partial charge in [-0.2, -0.15) is 0 Å². The van der Waals surface area contributed by atoms with Crippen molar-refractivity contribution in [1.82, 2.24) is 10.6 Å². The lowest BCUT2D eigenvalue weighted by molar-refractivity contribution is -0.139. The predicted octanol–water partition coefficient (Wildman–Crippen LogP) is 0.328. The minimum Gasteiger partial charge on any atom is -0.480 e. The Labute approximate surface area is 113 Å². The largest absolute Gasteiger partial charge is 0.480 e. The molecule has 0 heterocycles. The third-order valence-electron chi connectivity index (χ3n) is 2.41. The molecule has 0 saturated heterocycles. The Morgan fingerprint density at radius 1 is 1.26 bits per heavy atom. The number of aliphatic carboxylic acids is 1. The van der Waals surface area contributed by atoms with Gasteiger partial charge >= 0.3 is 12.0 Å². The molecule has 1 atom stereocenters. The molecule has 0 aromatic heterocycles. The van der Waals surface area contributed by atoms with Crippen LogP contribution in [0.25, 0.3) is 0 Å². The minimum atomic E-state index is -1.16. The number of ether oxygens (including phenoxy) is 1. The summed E-state index contributed by atoms with van der Waals surface area (Å²) in [5.41, 5.74) is 0. The third-order valence-corrected chi connectivity index (χ3v) is 2.41. The first-order chi connectivity index (χ1) is 9.11. The normalized spacial score (nSPS) is 11.9. The molecule has 0 bridgehead atoms. The topological polar surface area (TPSA) is 108 Å². The molecule has 2 amide bonds. The average Bonchev–Trinajstić information content (AvgIpc) is 2.37. The summed E-state index contributed by atoms with van der Waals surface area (Å²) in [6, 6.07) is -1.61. The molecule has 0 radical (unpaired) electrons. The van der Waals surface area contributed by atoms with Crippen LogP contribution in [0.4, 0.5) is 4.79 Å². The highest BCUT2D eigenvalue weighted by Crippen LogP contribution is 1.92. The van der Waals surface area contributed by atoms with Crippen LogP contribution in [-0.4, -0.2) is 54.6 Å². The van der Waals surface area contributed by atoms with Gasteiger partial charge in [0.2, 0.25) is 0 Å². The Hall–Kier alpha value is -1.34. The number of hydrogen-bond donors (Lipinski definition) is 4. The zero-order chi connectivity index (χ0) is 14.5. The molecular weight excluding hydrogens is 252 g/mol. The highest BCUT2D eigenvalue weighted by molar-refractivity contribution is 5.82. The first-order valence-corrected chi connectivity index (χ1v) is 6.57. The molecule has 0 aliphatic carbocycles. The summed E-state index contributed by atoms with van der Waals surface area (Å²) < 4.78 is 5.31. The van der Waals surface area contributed by atoms with Crippen molar-refractivity contribution in [2.45, 2.75) is 38.6 Å². The van der Waals surface area contributed by atoms with E-state index in [1.54, 1.807) is 0 Å². The summed E-state index contributed by atoms with van der Waals surface area (Å²) in [5, 5.41) is 22.3. The van der Waals surface area contributed by atoms with Crippen LogP contribution in [0, 0.1) is 0 Å². The van der Waals surface area contributed by atoms with Crippen molar-refractivity contribution in [1.29, 1.82) is 0 Å². The van der Waals surface area contributed by atoms with Crippen molar-refractivity contribution in [2.24, 2.45) is 0 Å². The number of urea groups is 1. The van der Waals surface area contributed by atoms with Gasteiger partial charge in [0.25, 0.3) is 0 Å². The van der Waals surface area contributed by atoms with E-state index in [-0.39, 0.29) is 13.0 Å². The van der Waals surface area contributed by atoms with E-state index in [0.717, 1.165) is 19.4 Å². The predicted molar refractivity (Wildman–Crippen MR) is 70.0 cm³/mol. The van der Waals surface area contributed by atoms with Crippen LogP contribution in [0.2, 0.25) is 0 Å². The van der Waals surface area contributed by atoms with Gasteiger partial charge in [-0.1, -0.05) is 13.3 Å². The fraction of sp³-hybridized carbons (Fsp3) is 0.833. The third kappa shape index (κ3) is 10.3. The number of carboxylic acids is 1. The van der Waals surface area contributed by atoms with Crippen molar-refractivity contribution in [3.63, 3.8) is 0 Å². The molecule has 112 valence electrons. The van der Waals surface area contributed by atoms with E-state index in [9.17, 15) is 9.59 Å². The standard InChI is InChI=1S/C12H24N2O5/c1-2-3-8-19-9-4-6-13-12(18)14-10(5-7-15)11(16)17/h10,15H,2-9H2,1H3,(H,16,17)(H2,13,14,18)/t10-/m0/s1. The molecule has 7 nitrogen and oxygen atoms in total. The first kappa shape index (κ1) is 17.7. The van der Waals surface area contributed by atoms with E-state index in [4.69, 9.17) is 14.9 Å². The van der Waals surface area contributed by atoms with Gasteiger partial charge in [-0.05, 0) is 12.8 Å². The second-order valence-corrected chi connectivity index (χ2v) is 4.12. The summed E-state index contributed by atoms with van der Waals surface area (Å²) in [6.07, 6.45) is 2.77. The Morgan fingerprint density at radius 2 is 1.95 bits per heavy atom. The van der Waals surface area contributed by atoms with Crippen molar-refractivity contribution in [2.75, 3.05) is 26.4 Å². The SMILES string of the molecule is CCCCOCCCNC(=O)N[C@@H](CCO)C(=O)O. The number of carbonyl (C=O) groups excluding carboxylic acids is 1. The van der Waals surface area contributed by atoms with Crippen LogP contribution >= 0.6 is 0 Å². The van der Waals surface area contributed by atoms with Gasteiger partial charge in [0.05, 0.1) is 0 Å². The number of unbranched alkanes of at least 4 members (excludes halogenated alkanes) is 1. The Bertz CT molecular complexity index is 261. The maximum absolute atomic E-state index is 11.4. The van der Waals surface area contributed by atoms with Crippen molar-refractivity contribution < 1.29 is 24.5 Å². The molecule has 4 N–H and O–H groups in total. The second-order valence-electron chi connectivity index (χ2n) is 4.12. The molecule has 0 aliphatic rings. The molecule has 0 unspecified atom stereocenters. The van der Waals surface area contributed by atoms with Crippen LogP contribution in [0.1, 0.15) is 32.6 Å². The lowest BCUT2D eigenvalue weighted by atomic mass is 10.2. The Kier molecular flexibility index (Phi) is 10.9. The maximum atomic E-state index is 11.4. The van der Waals surface area contributed by atoms with E-state index in [0.29, 0.717) is 19.6 Å². The molecule has 0 fully saturated rings. The van der Waals surface area contributed by atoms with E-state index in [2.05, 4.69) is 17.6 Å². The minimum absolute atomic E-state index is 0.0110. The highest BCUT2D eigenvalue weighted by atomic mass is 16.5. The molecule has 0 aromatic rings. The monoisotopic (exact) mass is 276 g/mol. The van der Waals surface area contributed by atoms with Crippen molar-refractivity contribution >= 4 is 12.0 Å². The van der Waals surface area contributed by atoms with Crippen molar-refractivity contribution in [3.05, 3.63) is 0 Å². The fourth-order valence-corrected chi connectivity index (χ4v) is 1.32. The van der Waals surface area contributed by atoms with Gasteiger partial charge in [0.1, 0.15) is 6.04 Å². The number of aliphatic hydroxyl groups is 1. The van der Waals surface area contributed by atoms with Gasteiger partial charge in [0.15, 0.2) is 0 Å². The molecule has 0 rings (SSSR count). The molecule has 0 saturated carbocycles. The number of carboxylic acid groups (broad SMARTS) is 1. The Morgan fingerprint density at radius 3 is 2.53 bits per heavy atom. The highest BCUT2D eigenvalue weighted by Gasteiger charge is 2.18. The number of aliphatic hydroxyl groups excluding tert-OH is 1. The molecule has 19 heavy (non-hydrogen) atoms. The Balaban J connectivity index is 3.60. The van der Waals surface area contributed by atoms with E-state index < -0.39 is 18.0 Å². The van der Waals surface area contributed by atoms with Crippen molar-refractivity contribution in [3.8, 4) is 0 Å². The van der Waals surface area contributed by atoms with Gasteiger partial charge in [-0.15, -0.1) is 0 Å². The first-order valence-electron chi connectivity index (χ1n) is 6.57. The van der Waals surface area contributed by atoms with Gasteiger partial charge in [0, 0.05) is 32.8 Å². The van der Waals surface area contributed by atoms with Crippen LogP contribution < -0.4 is 10.6 Å². The van der Waals surface area contributed by atoms with E-state index in [1.165, 1.54) is 0 Å². The molecule has 0 aliphatic heterocycles. The summed E-state index contributed by atoms with van der Waals surface area (Å²) in [7, 11) is 0. The lowest BCUT2D eigenvalue weighted by Crippen LogP contribution is -2.46. The van der Waals surface area contributed by atoms with Crippen LogP contribution in [0.15, 0.2) is 0 Å². The number of amides is 2. The maximum Gasteiger partial charge on any atom is 0.326 e. The zero-order valence-corrected chi connectivity index (χ0v) is 11.4. The molecular formula is C12H24N2O5. The summed E-state index contributed by atoms with van der Waals surface area (Å²) in [4.78, 5) is 22.1. The summed E-state index contributed by atoms with van der Waals surface area (Å²) >= 11 is 0. The van der Waals surface area contributed by atoms with E-state index >= 15 is 0 Å². The summed E-state index contributed by atoms with van der Waals surface area (Å²) in [6.45, 7) is 3.51. The van der Waals surface area contributed by atoms with E-state index in [1.807, 2.05) is 0 Å². The van der Waals surface area contributed by atoms with Crippen LogP contribution in [0.5, 0.6) is 0 Å². The second kappa shape index (κ2) is 11.7. The quantitative estimate of drug-likeness (QED) is 0.407. The smallest absolute Gasteiger partial charge is 0.326 e. The number of nitrogens with one attached hydrogen (secondary N) is 2. The number of carbonyl (C=O) groups is 2. The summed E-state index contributed by atoms with van der Waals surface area (Å²) in [5.74, 6) is -1.16. The fourth-order valence-electron chi connectivity index (χ4n) is 1.32. The number of rotatable bonds is 11. The molecule has 7 heteroatoms. The van der Waals surface area contributed by atoms with Gasteiger partial charge in [-0.3, -0.25) is 0 Å². The lowest BCUT2D eigenvalue weighted by Gasteiger charge is -2.13. The van der Waals surface area contributed by atoms with Gasteiger partial charge < -0.3 is 25.6 Å². The average molecular weight is 276 g/mol. The molecule has 0 spiro atoms. The number of hydrogen-bond acceptors (Lipinski definition) is 4. The zero-order valence-electron chi connectivity index (χ0n) is 11.4. The van der Waals surface area contributed by atoms with Crippen LogP contribution in [-0.2, 0) is 9.53 Å². The van der Waals surface area contributed by atoms with Gasteiger partial charge in [-0.25, -0.2) is 9.59 Å². The molecule has 0 aromatic carbocycles.